The fourth-order valence-corrected chi connectivity index (χ4v) is 2.30. The van der Waals surface area contributed by atoms with Gasteiger partial charge in [-0.15, -0.1) is 10.2 Å². The van der Waals surface area contributed by atoms with Crippen LogP contribution in [0, 0.1) is 12.7 Å². The first-order valence-corrected chi connectivity index (χ1v) is 6.65. The number of aryl methyl sites for hydroxylation is 1. The van der Waals surface area contributed by atoms with Crippen LogP contribution in [0.15, 0.2) is 16.6 Å². The van der Waals surface area contributed by atoms with Crippen LogP contribution in [-0.2, 0) is 0 Å². The predicted octanol–water partition coefficient (Wildman–Crippen LogP) is 4.25. The highest BCUT2D eigenvalue weighted by Crippen LogP contribution is 2.28. The van der Waals surface area contributed by atoms with E-state index in [2.05, 4.69) is 26.1 Å². The van der Waals surface area contributed by atoms with Crippen LogP contribution >= 0.6 is 27.5 Å². The minimum atomic E-state index is -0.299. The van der Waals surface area contributed by atoms with Crippen molar-refractivity contribution in [2.45, 2.75) is 26.7 Å². The van der Waals surface area contributed by atoms with Crippen molar-refractivity contribution in [1.29, 1.82) is 0 Å². The van der Waals surface area contributed by atoms with E-state index in [0.717, 1.165) is 17.1 Å². The molecule has 18 heavy (non-hydrogen) atoms. The number of rotatable bonds is 2. The quantitative estimate of drug-likeness (QED) is 0.823. The van der Waals surface area contributed by atoms with Gasteiger partial charge in [-0.2, -0.15) is 0 Å². The van der Waals surface area contributed by atoms with Crippen LogP contribution in [0.25, 0.3) is 5.69 Å². The van der Waals surface area contributed by atoms with Crippen LogP contribution in [0.3, 0.4) is 0 Å². The predicted molar refractivity (Wildman–Crippen MR) is 72.9 cm³/mol. The van der Waals surface area contributed by atoms with Crippen molar-refractivity contribution in [3.63, 3.8) is 0 Å². The molecule has 1 heterocycles. The number of halogens is 3. The summed E-state index contributed by atoms with van der Waals surface area (Å²) in [6.07, 6.45) is 0. The van der Waals surface area contributed by atoms with Gasteiger partial charge in [-0.1, -0.05) is 13.8 Å². The van der Waals surface area contributed by atoms with Gasteiger partial charge in [0, 0.05) is 5.92 Å². The highest BCUT2D eigenvalue weighted by Gasteiger charge is 2.17. The van der Waals surface area contributed by atoms with E-state index in [9.17, 15) is 4.39 Å². The van der Waals surface area contributed by atoms with Gasteiger partial charge in [-0.3, -0.25) is 4.57 Å². The summed E-state index contributed by atoms with van der Waals surface area (Å²) < 4.78 is 15.6. The van der Waals surface area contributed by atoms with Crippen molar-refractivity contribution in [2.24, 2.45) is 0 Å². The molecule has 0 aliphatic heterocycles. The van der Waals surface area contributed by atoms with Gasteiger partial charge in [0.25, 0.3) is 0 Å². The van der Waals surface area contributed by atoms with E-state index in [4.69, 9.17) is 11.6 Å². The van der Waals surface area contributed by atoms with Gasteiger partial charge < -0.3 is 0 Å². The van der Waals surface area contributed by atoms with Gasteiger partial charge in [0.2, 0.25) is 5.28 Å². The molecule has 3 nitrogen and oxygen atoms in total. The van der Waals surface area contributed by atoms with Crippen molar-refractivity contribution in [1.82, 2.24) is 14.8 Å². The zero-order valence-electron chi connectivity index (χ0n) is 10.2. The molecular formula is C12H12BrClFN3. The molecule has 2 rings (SSSR count). The molecule has 1 aromatic heterocycles. The van der Waals surface area contributed by atoms with Crippen LogP contribution < -0.4 is 0 Å². The molecule has 0 aliphatic rings. The first-order valence-electron chi connectivity index (χ1n) is 5.48. The van der Waals surface area contributed by atoms with Crippen molar-refractivity contribution in [2.75, 3.05) is 0 Å². The molecule has 0 spiro atoms. The molecule has 0 unspecified atom stereocenters. The van der Waals surface area contributed by atoms with E-state index < -0.39 is 0 Å². The maximum absolute atomic E-state index is 13.4. The minimum absolute atomic E-state index is 0.174. The Morgan fingerprint density at radius 2 is 2.00 bits per heavy atom. The topological polar surface area (TPSA) is 30.7 Å². The average Bonchev–Trinajstić information content (AvgIpc) is 2.66. The molecule has 1 aromatic carbocycles. The lowest BCUT2D eigenvalue weighted by atomic mass is 10.1. The monoisotopic (exact) mass is 331 g/mol. The summed E-state index contributed by atoms with van der Waals surface area (Å²) in [5.41, 5.74) is 1.56. The van der Waals surface area contributed by atoms with Gasteiger partial charge in [-0.05, 0) is 52.2 Å². The van der Waals surface area contributed by atoms with E-state index in [1.807, 2.05) is 20.8 Å². The van der Waals surface area contributed by atoms with Crippen LogP contribution in [0.4, 0.5) is 4.39 Å². The Morgan fingerprint density at radius 3 is 2.61 bits per heavy atom. The molecular weight excluding hydrogens is 321 g/mol. The third-order valence-corrected chi connectivity index (χ3v) is 3.50. The summed E-state index contributed by atoms with van der Waals surface area (Å²) in [5.74, 6) is 0.626. The second-order valence-electron chi connectivity index (χ2n) is 4.37. The molecule has 0 radical (unpaired) electrons. The van der Waals surface area contributed by atoms with Crippen LogP contribution in [0.1, 0.15) is 31.2 Å². The van der Waals surface area contributed by atoms with Crippen LogP contribution in [0.5, 0.6) is 0 Å². The second-order valence-corrected chi connectivity index (χ2v) is 5.56. The fourth-order valence-electron chi connectivity index (χ4n) is 1.75. The Balaban J connectivity index is 2.69. The summed E-state index contributed by atoms with van der Waals surface area (Å²) in [7, 11) is 0. The van der Waals surface area contributed by atoms with E-state index >= 15 is 0 Å². The largest absolute Gasteiger partial charge is 0.269 e. The Hall–Kier alpha value is -0.940. The van der Waals surface area contributed by atoms with Crippen molar-refractivity contribution < 1.29 is 4.39 Å². The first-order chi connectivity index (χ1) is 8.41. The van der Waals surface area contributed by atoms with Gasteiger partial charge in [-0.25, -0.2) is 4.39 Å². The fraction of sp³-hybridized carbons (Fsp3) is 0.333. The molecule has 96 valence electrons. The Kier molecular flexibility index (Phi) is 3.73. The van der Waals surface area contributed by atoms with Crippen molar-refractivity contribution in [3.05, 3.63) is 39.1 Å². The van der Waals surface area contributed by atoms with Gasteiger partial charge in [0.05, 0.1) is 10.2 Å². The number of benzene rings is 1. The maximum Gasteiger partial charge on any atom is 0.229 e. The molecule has 6 heteroatoms. The SMILES string of the molecule is Cc1cc(F)c(Br)cc1-n1c(Cl)nnc1C(C)C. The summed E-state index contributed by atoms with van der Waals surface area (Å²) in [5, 5.41) is 8.21. The smallest absolute Gasteiger partial charge is 0.229 e. The highest BCUT2D eigenvalue weighted by atomic mass is 79.9. The van der Waals surface area contributed by atoms with Gasteiger partial charge >= 0.3 is 0 Å². The lowest BCUT2D eigenvalue weighted by molar-refractivity contribution is 0.619. The van der Waals surface area contributed by atoms with E-state index in [1.165, 1.54) is 6.07 Å². The molecule has 0 atom stereocenters. The Bertz CT molecular complexity index is 595. The summed E-state index contributed by atoms with van der Waals surface area (Å²) in [4.78, 5) is 0. The number of aromatic nitrogens is 3. The van der Waals surface area contributed by atoms with Crippen molar-refractivity contribution in [3.8, 4) is 5.69 Å². The highest BCUT2D eigenvalue weighted by molar-refractivity contribution is 9.10. The Labute approximate surface area is 118 Å². The molecule has 2 aromatic rings. The molecule has 0 saturated carbocycles. The lowest BCUT2D eigenvalue weighted by Crippen LogP contribution is -2.05. The molecule has 0 N–H and O–H groups in total. The summed E-state index contributed by atoms with van der Waals surface area (Å²) in [6, 6.07) is 3.14. The van der Waals surface area contributed by atoms with E-state index in [1.54, 1.807) is 10.6 Å². The second kappa shape index (κ2) is 4.97. The molecule has 0 bridgehead atoms. The molecule has 0 saturated heterocycles. The number of hydrogen-bond acceptors (Lipinski definition) is 2. The Morgan fingerprint density at radius 1 is 1.33 bits per heavy atom. The van der Waals surface area contributed by atoms with Crippen LogP contribution in [0.2, 0.25) is 5.28 Å². The zero-order valence-corrected chi connectivity index (χ0v) is 12.5. The number of hydrogen-bond donors (Lipinski definition) is 0. The normalized spacial score (nSPS) is 11.3. The van der Waals surface area contributed by atoms with Gasteiger partial charge in [0.15, 0.2) is 0 Å². The minimum Gasteiger partial charge on any atom is -0.269 e. The molecule has 0 amide bonds. The van der Waals surface area contributed by atoms with E-state index in [0.29, 0.717) is 4.47 Å². The van der Waals surface area contributed by atoms with Crippen LogP contribution in [-0.4, -0.2) is 14.8 Å². The zero-order chi connectivity index (χ0) is 13.4. The average molecular weight is 333 g/mol. The first kappa shape index (κ1) is 13.5. The standard InChI is InChI=1S/C12H12BrClFN3/c1-6(2)11-16-17-12(14)18(11)10-5-8(13)9(15)4-7(10)3/h4-6H,1-3H3. The third-order valence-electron chi connectivity index (χ3n) is 2.64. The third kappa shape index (κ3) is 2.29. The maximum atomic E-state index is 13.4. The van der Waals surface area contributed by atoms with Gasteiger partial charge in [0.1, 0.15) is 11.6 Å². The van der Waals surface area contributed by atoms with E-state index in [-0.39, 0.29) is 17.0 Å². The lowest BCUT2D eigenvalue weighted by Gasteiger charge is -2.13. The van der Waals surface area contributed by atoms with Crippen molar-refractivity contribution >= 4 is 27.5 Å². The number of nitrogens with zero attached hydrogens (tertiary/aromatic N) is 3. The summed E-state index contributed by atoms with van der Waals surface area (Å²) >= 11 is 9.25. The summed E-state index contributed by atoms with van der Waals surface area (Å²) in [6.45, 7) is 5.83. The molecule has 0 aliphatic carbocycles. The molecule has 0 fully saturated rings.